The fourth-order valence-electron chi connectivity index (χ4n) is 1.42. The summed E-state index contributed by atoms with van der Waals surface area (Å²) in [5.74, 6) is 0. The third-order valence-corrected chi connectivity index (χ3v) is 3.19. The Morgan fingerprint density at radius 2 is 1.94 bits per heavy atom. The third kappa shape index (κ3) is 2.80. The molecule has 0 bridgehead atoms. The summed E-state index contributed by atoms with van der Waals surface area (Å²) < 4.78 is 2.38. The van der Waals surface area contributed by atoms with E-state index in [-0.39, 0.29) is 0 Å². The molecule has 0 unspecified atom stereocenters. The van der Waals surface area contributed by atoms with Crippen LogP contribution >= 0.6 is 39.1 Å². The highest BCUT2D eigenvalue weighted by atomic mass is 79.9. The maximum Gasteiger partial charge on any atom is 0.104 e. The van der Waals surface area contributed by atoms with Crippen molar-refractivity contribution in [2.75, 3.05) is 6.54 Å². The summed E-state index contributed by atoms with van der Waals surface area (Å²) in [5.41, 5.74) is 6.88. The molecule has 4 nitrogen and oxygen atoms in total. The second-order valence-electron chi connectivity index (χ2n) is 3.41. The van der Waals surface area contributed by atoms with Gasteiger partial charge in [0.25, 0.3) is 0 Å². The largest absolute Gasteiger partial charge is 0.330 e. The van der Waals surface area contributed by atoms with Gasteiger partial charge in [-0.15, -0.1) is 5.10 Å². The first-order valence-corrected chi connectivity index (χ1v) is 6.43. The monoisotopic (exact) mass is 334 g/mol. The molecule has 17 heavy (non-hydrogen) atoms. The van der Waals surface area contributed by atoms with Crippen molar-refractivity contribution in [3.63, 3.8) is 0 Å². The highest BCUT2D eigenvalue weighted by Gasteiger charge is 2.11. The van der Waals surface area contributed by atoms with E-state index in [0.717, 1.165) is 10.2 Å². The van der Waals surface area contributed by atoms with Crippen LogP contribution in [0.25, 0.3) is 5.69 Å². The van der Waals surface area contributed by atoms with Crippen molar-refractivity contribution in [2.24, 2.45) is 5.73 Å². The van der Waals surface area contributed by atoms with Gasteiger partial charge < -0.3 is 5.73 Å². The lowest BCUT2D eigenvalue weighted by atomic mass is 10.3. The molecule has 7 heteroatoms. The molecular formula is C10H9BrCl2N4. The summed E-state index contributed by atoms with van der Waals surface area (Å²) in [4.78, 5) is 0. The quantitative estimate of drug-likeness (QED) is 0.938. The van der Waals surface area contributed by atoms with E-state index in [1.165, 1.54) is 0 Å². The Balaban J connectivity index is 2.45. The molecule has 0 atom stereocenters. The molecule has 2 rings (SSSR count). The topological polar surface area (TPSA) is 56.7 Å². The average molecular weight is 336 g/mol. The van der Waals surface area contributed by atoms with E-state index in [1.54, 1.807) is 23.0 Å². The SMILES string of the molecule is NCCc1cn(-c2c(Cl)cc(Br)cc2Cl)nn1. The minimum atomic E-state index is 0.508. The van der Waals surface area contributed by atoms with Crippen molar-refractivity contribution < 1.29 is 0 Å². The number of nitrogens with zero attached hydrogens (tertiary/aromatic N) is 3. The predicted octanol–water partition coefficient (Wildman–Crippen LogP) is 2.84. The molecule has 1 heterocycles. The molecule has 0 aliphatic rings. The summed E-state index contributed by atoms with van der Waals surface area (Å²) >= 11 is 15.6. The van der Waals surface area contributed by atoms with Gasteiger partial charge in [-0.1, -0.05) is 44.3 Å². The number of aromatic nitrogens is 3. The number of nitrogens with two attached hydrogens (primary N) is 1. The second-order valence-corrected chi connectivity index (χ2v) is 5.14. The molecule has 0 aliphatic heterocycles. The zero-order chi connectivity index (χ0) is 12.4. The first kappa shape index (κ1) is 12.8. The standard InChI is InChI=1S/C10H9BrCl2N4/c11-6-3-8(12)10(9(13)4-6)17-5-7(1-2-14)15-16-17/h3-5H,1-2,14H2. The Kier molecular flexibility index (Phi) is 4.04. The molecule has 0 fully saturated rings. The van der Waals surface area contributed by atoms with Crippen LogP contribution in [0.5, 0.6) is 0 Å². The van der Waals surface area contributed by atoms with Gasteiger partial charge in [-0.05, 0) is 18.7 Å². The Hall–Kier alpha value is -0.620. The lowest BCUT2D eigenvalue weighted by Gasteiger charge is -2.06. The summed E-state index contributed by atoms with van der Waals surface area (Å²) in [6.45, 7) is 0.528. The molecule has 0 aliphatic carbocycles. The average Bonchev–Trinajstić information content (AvgIpc) is 2.65. The normalized spacial score (nSPS) is 10.8. The van der Waals surface area contributed by atoms with Crippen LogP contribution in [-0.4, -0.2) is 21.5 Å². The van der Waals surface area contributed by atoms with Gasteiger partial charge in [-0.2, -0.15) is 0 Å². The molecule has 0 amide bonds. The summed E-state index contributed by atoms with van der Waals surface area (Å²) in [7, 11) is 0. The summed E-state index contributed by atoms with van der Waals surface area (Å²) in [6, 6.07) is 3.51. The molecule has 1 aromatic carbocycles. The Morgan fingerprint density at radius 3 is 2.53 bits per heavy atom. The van der Waals surface area contributed by atoms with E-state index in [9.17, 15) is 0 Å². The van der Waals surface area contributed by atoms with Crippen molar-refractivity contribution in [1.82, 2.24) is 15.0 Å². The van der Waals surface area contributed by atoms with E-state index < -0.39 is 0 Å². The summed E-state index contributed by atoms with van der Waals surface area (Å²) in [5, 5.41) is 8.99. The van der Waals surface area contributed by atoms with E-state index in [0.29, 0.717) is 28.7 Å². The summed E-state index contributed by atoms with van der Waals surface area (Å²) in [6.07, 6.45) is 2.44. The van der Waals surface area contributed by atoms with Crippen molar-refractivity contribution >= 4 is 39.1 Å². The number of rotatable bonds is 3. The second kappa shape index (κ2) is 5.35. The Bertz CT molecular complexity index is 518. The molecule has 2 aromatic rings. The fourth-order valence-corrected chi connectivity index (χ4v) is 2.81. The van der Waals surface area contributed by atoms with Crippen molar-refractivity contribution in [2.45, 2.75) is 6.42 Å². The fraction of sp³-hybridized carbons (Fsp3) is 0.200. The van der Waals surface area contributed by atoms with E-state index in [2.05, 4.69) is 26.2 Å². The van der Waals surface area contributed by atoms with Crippen LogP contribution in [0.3, 0.4) is 0 Å². The first-order chi connectivity index (χ1) is 8.11. The van der Waals surface area contributed by atoms with Gasteiger partial charge in [0.1, 0.15) is 5.69 Å². The minimum Gasteiger partial charge on any atom is -0.330 e. The van der Waals surface area contributed by atoms with Crippen molar-refractivity contribution in [3.05, 3.63) is 38.5 Å². The first-order valence-electron chi connectivity index (χ1n) is 4.88. The molecule has 0 saturated heterocycles. The highest BCUT2D eigenvalue weighted by Crippen LogP contribution is 2.31. The maximum atomic E-state index is 6.13. The zero-order valence-corrected chi connectivity index (χ0v) is 11.8. The van der Waals surface area contributed by atoms with Gasteiger partial charge in [0.15, 0.2) is 0 Å². The smallest absolute Gasteiger partial charge is 0.104 e. The molecule has 0 saturated carbocycles. The van der Waals surface area contributed by atoms with Crippen LogP contribution in [0.1, 0.15) is 5.69 Å². The van der Waals surface area contributed by atoms with Gasteiger partial charge in [-0.3, -0.25) is 0 Å². The van der Waals surface area contributed by atoms with E-state index in [4.69, 9.17) is 28.9 Å². The number of halogens is 3. The molecule has 90 valence electrons. The molecule has 0 radical (unpaired) electrons. The number of hydrogen-bond donors (Lipinski definition) is 1. The highest BCUT2D eigenvalue weighted by molar-refractivity contribution is 9.10. The van der Waals surface area contributed by atoms with Gasteiger partial charge in [0, 0.05) is 10.9 Å². The third-order valence-electron chi connectivity index (χ3n) is 2.15. The van der Waals surface area contributed by atoms with Crippen LogP contribution in [0.15, 0.2) is 22.8 Å². The molecule has 0 spiro atoms. The molecular weight excluding hydrogens is 327 g/mol. The molecule has 2 N–H and O–H groups in total. The van der Waals surface area contributed by atoms with Gasteiger partial charge in [0.2, 0.25) is 0 Å². The molecule has 1 aromatic heterocycles. The van der Waals surface area contributed by atoms with Crippen molar-refractivity contribution in [1.29, 1.82) is 0 Å². The van der Waals surface area contributed by atoms with Gasteiger partial charge in [0.05, 0.1) is 21.9 Å². The predicted molar refractivity (Wildman–Crippen MR) is 71.8 cm³/mol. The van der Waals surface area contributed by atoms with E-state index in [1.807, 2.05) is 0 Å². The lowest BCUT2D eigenvalue weighted by molar-refractivity contribution is 0.795. The Morgan fingerprint density at radius 1 is 1.29 bits per heavy atom. The van der Waals surface area contributed by atoms with Crippen molar-refractivity contribution in [3.8, 4) is 5.69 Å². The van der Waals surface area contributed by atoms with Gasteiger partial charge in [-0.25, -0.2) is 4.68 Å². The lowest BCUT2D eigenvalue weighted by Crippen LogP contribution is -2.02. The number of benzene rings is 1. The van der Waals surface area contributed by atoms with Crippen LogP contribution < -0.4 is 5.73 Å². The maximum absolute atomic E-state index is 6.13. The van der Waals surface area contributed by atoms with Gasteiger partial charge >= 0.3 is 0 Å². The van der Waals surface area contributed by atoms with Crippen LogP contribution in [0, 0.1) is 0 Å². The minimum absolute atomic E-state index is 0.508. The van der Waals surface area contributed by atoms with Crippen LogP contribution in [0.4, 0.5) is 0 Å². The van der Waals surface area contributed by atoms with E-state index >= 15 is 0 Å². The Labute approximate surface area is 117 Å². The van der Waals surface area contributed by atoms with Crippen LogP contribution in [0.2, 0.25) is 10.0 Å². The zero-order valence-electron chi connectivity index (χ0n) is 8.70. The van der Waals surface area contributed by atoms with Crippen LogP contribution in [-0.2, 0) is 6.42 Å². The number of hydrogen-bond acceptors (Lipinski definition) is 3.